The molecule has 2 heterocycles. The Morgan fingerprint density at radius 2 is 2.19 bits per heavy atom. The monoisotopic (exact) mass is 285 g/mol. The summed E-state index contributed by atoms with van der Waals surface area (Å²) in [7, 11) is 0. The van der Waals surface area contributed by atoms with E-state index in [4.69, 9.17) is 4.52 Å². The van der Waals surface area contributed by atoms with E-state index in [1.54, 1.807) is 0 Å². The topological polar surface area (TPSA) is 58.4 Å². The van der Waals surface area contributed by atoms with Crippen molar-refractivity contribution >= 4 is 11.6 Å². The van der Waals surface area contributed by atoms with E-state index in [1.807, 2.05) is 36.9 Å². The zero-order valence-corrected chi connectivity index (χ0v) is 12.3. The van der Waals surface area contributed by atoms with Gasteiger partial charge in [0.2, 0.25) is 5.91 Å². The molecule has 0 saturated carbocycles. The molecule has 5 nitrogen and oxygen atoms in total. The average molecular weight is 285 g/mol. The van der Waals surface area contributed by atoms with Crippen molar-refractivity contribution in [1.29, 1.82) is 0 Å². The fraction of sp³-hybridized carbons (Fsp3) is 0.375. The lowest BCUT2D eigenvalue weighted by Gasteiger charge is -2.22. The van der Waals surface area contributed by atoms with Gasteiger partial charge in [-0.25, -0.2) is 0 Å². The molecule has 0 radical (unpaired) electrons. The number of benzene rings is 1. The number of para-hydroxylation sites is 1. The first-order chi connectivity index (χ1) is 10.2. The van der Waals surface area contributed by atoms with E-state index in [9.17, 15) is 4.79 Å². The van der Waals surface area contributed by atoms with Gasteiger partial charge in [-0.15, -0.1) is 0 Å². The Kier molecular flexibility index (Phi) is 3.75. The van der Waals surface area contributed by atoms with Crippen LogP contribution in [-0.4, -0.2) is 24.2 Å². The summed E-state index contributed by atoms with van der Waals surface area (Å²) in [5, 5.41) is 7.26. The van der Waals surface area contributed by atoms with E-state index in [2.05, 4.69) is 16.5 Å². The molecule has 5 heteroatoms. The molecule has 0 bridgehead atoms. The zero-order valence-electron chi connectivity index (χ0n) is 12.3. The van der Waals surface area contributed by atoms with Gasteiger partial charge in [0.25, 0.3) is 0 Å². The normalized spacial score (nSPS) is 14.7. The molecule has 2 aromatic rings. The molecule has 1 aliphatic heterocycles. The number of aromatic nitrogens is 1. The predicted molar refractivity (Wildman–Crippen MR) is 80.2 cm³/mol. The zero-order chi connectivity index (χ0) is 14.8. The minimum Gasteiger partial charge on any atom is -0.361 e. The third kappa shape index (κ3) is 2.69. The highest BCUT2D eigenvalue weighted by atomic mass is 16.5. The minimum atomic E-state index is 0.0838. The van der Waals surface area contributed by atoms with Crippen LogP contribution >= 0.6 is 0 Å². The number of carbonyl (C=O) groups is 1. The Morgan fingerprint density at radius 3 is 2.95 bits per heavy atom. The summed E-state index contributed by atoms with van der Waals surface area (Å²) < 4.78 is 5.14. The number of carbonyl (C=O) groups excluding carboxylic acids is 1. The van der Waals surface area contributed by atoms with Crippen molar-refractivity contribution in [3.05, 3.63) is 46.8 Å². The molecule has 1 N–H and O–H groups in total. The maximum Gasteiger partial charge on any atom is 0.231 e. The van der Waals surface area contributed by atoms with Gasteiger partial charge in [-0.2, -0.15) is 0 Å². The lowest BCUT2D eigenvalue weighted by atomic mass is 10.1. The van der Waals surface area contributed by atoms with Crippen LogP contribution in [0.1, 0.15) is 22.6 Å². The van der Waals surface area contributed by atoms with Crippen LogP contribution in [0.5, 0.6) is 0 Å². The van der Waals surface area contributed by atoms with Crippen molar-refractivity contribution < 1.29 is 9.32 Å². The second-order valence-electron chi connectivity index (χ2n) is 5.33. The van der Waals surface area contributed by atoms with Crippen LogP contribution in [-0.2, 0) is 17.8 Å². The maximum absolute atomic E-state index is 12.7. The molecule has 0 fully saturated rings. The van der Waals surface area contributed by atoms with Gasteiger partial charge in [0, 0.05) is 30.9 Å². The molecular formula is C16H19N3O2. The van der Waals surface area contributed by atoms with E-state index in [0.717, 1.165) is 41.4 Å². The lowest BCUT2D eigenvalue weighted by molar-refractivity contribution is -0.118. The fourth-order valence-electron chi connectivity index (χ4n) is 2.72. The summed E-state index contributed by atoms with van der Waals surface area (Å²) in [6.45, 7) is 5.99. The van der Waals surface area contributed by atoms with Crippen molar-refractivity contribution in [2.24, 2.45) is 0 Å². The minimum absolute atomic E-state index is 0.0838. The summed E-state index contributed by atoms with van der Waals surface area (Å²) in [5.41, 5.74) is 3.85. The Hall–Kier alpha value is -2.14. The number of nitrogens with zero attached hydrogens (tertiary/aromatic N) is 2. The molecule has 0 spiro atoms. The van der Waals surface area contributed by atoms with E-state index in [-0.39, 0.29) is 5.91 Å². The van der Waals surface area contributed by atoms with Gasteiger partial charge in [-0.1, -0.05) is 23.4 Å². The number of nitrogens with one attached hydrogen (secondary N) is 1. The first-order valence-corrected chi connectivity index (χ1v) is 7.17. The van der Waals surface area contributed by atoms with Crippen LogP contribution in [0.4, 0.5) is 5.69 Å². The SMILES string of the molecule is Cc1noc(C)c1CC(=O)N1CCNCc2ccccc21. The van der Waals surface area contributed by atoms with Crippen molar-refractivity contribution in [3.63, 3.8) is 0 Å². The van der Waals surface area contributed by atoms with Crippen molar-refractivity contribution in [1.82, 2.24) is 10.5 Å². The number of rotatable bonds is 2. The van der Waals surface area contributed by atoms with E-state index < -0.39 is 0 Å². The second-order valence-corrected chi connectivity index (χ2v) is 5.33. The number of anilines is 1. The van der Waals surface area contributed by atoms with Gasteiger partial charge < -0.3 is 14.7 Å². The summed E-state index contributed by atoms with van der Waals surface area (Å²) in [6.07, 6.45) is 0.329. The molecule has 0 aliphatic carbocycles. The third-order valence-electron chi connectivity index (χ3n) is 3.92. The first-order valence-electron chi connectivity index (χ1n) is 7.17. The van der Waals surface area contributed by atoms with Gasteiger partial charge in [-0.3, -0.25) is 4.79 Å². The van der Waals surface area contributed by atoms with Crippen LogP contribution in [0.2, 0.25) is 0 Å². The highest BCUT2D eigenvalue weighted by molar-refractivity contribution is 5.95. The maximum atomic E-state index is 12.7. The lowest BCUT2D eigenvalue weighted by Crippen LogP contribution is -2.36. The molecule has 0 atom stereocenters. The highest BCUT2D eigenvalue weighted by Gasteiger charge is 2.23. The van der Waals surface area contributed by atoms with Crippen LogP contribution < -0.4 is 10.2 Å². The number of aryl methyl sites for hydroxylation is 2. The molecule has 0 saturated heterocycles. The number of hydrogen-bond acceptors (Lipinski definition) is 4. The van der Waals surface area contributed by atoms with Gasteiger partial charge >= 0.3 is 0 Å². The third-order valence-corrected chi connectivity index (χ3v) is 3.92. The largest absolute Gasteiger partial charge is 0.361 e. The molecule has 1 aromatic heterocycles. The fourth-order valence-corrected chi connectivity index (χ4v) is 2.72. The molecule has 3 rings (SSSR count). The van der Waals surface area contributed by atoms with Crippen LogP contribution in [0.25, 0.3) is 0 Å². The summed E-state index contributed by atoms with van der Waals surface area (Å²) in [4.78, 5) is 14.6. The summed E-state index contributed by atoms with van der Waals surface area (Å²) >= 11 is 0. The average Bonchev–Trinajstić information content (AvgIpc) is 2.70. The van der Waals surface area contributed by atoms with Crippen LogP contribution in [0.3, 0.4) is 0 Å². The number of hydrogen-bond donors (Lipinski definition) is 1. The molecular weight excluding hydrogens is 266 g/mol. The van der Waals surface area contributed by atoms with E-state index >= 15 is 0 Å². The van der Waals surface area contributed by atoms with Gasteiger partial charge in [0.1, 0.15) is 5.76 Å². The Balaban J connectivity index is 1.88. The van der Waals surface area contributed by atoms with Gasteiger partial charge in [0.05, 0.1) is 12.1 Å². The van der Waals surface area contributed by atoms with Gasteiger partial charge in [-0.05, 0) is 25.5 Å². The second kappa shape index (κ2) is 5.69. The standard InChI is InChI=1S/C16H19N3O2/c1-11-14(12(2)21-18-11)9-16(20)19-8-7-17-10-13-5-3-4-6-15(13)19/h3-6,17H,7-10H2,1-2H3. The Bertz CT molecular complexity index is 644. The van der Waals surface area contributed by atoms with E-state index in [1.165, 1.54) is 0 Å². The molecule has 1 aromatic carbocycles. The van der Waals surface area contributed by atoms with Crippen molar-refractivity contribution in [2.45, 2.75) is 26.8 Å². The molecule has 1 aliphatic rings. The van der Waals surface area contributed by atoms with Crippen LogP contribution in [0, 0.1) is 13.8 Å². The summed E-state index contributed by atoms with van der Waals surface area (Å²) in [5.74, 6) is 0.808. The highest BCUT2D eigenvalue weighted by Crippen LogP contribution is 2.23. The number of fused-ring (bicyclic) bond motifs is 1. The van der Waals surface area contributed by atoms with Crippen molar-refractivity contribution in [3.8, 4) is 0 Å². The van der Waals surface area contributed by atoms with Crippen molar-refractivity contribution in [2.75, 3.05) is 18.0 Å². The van der Waals surface area contributed by atoms with Gasteiger partial charge in [0.15, 0.2) is 0 Å². The molecule has 0 unspecified atom stereocenters. The smallest absolute Gasteiger partial charge is 0.231 e. The Morgan fingerprint density at radius 1 is 1.38 bits per heavy atom. The van der Waals surface area contributed by atoms with E-state index in [0.29, 0.717) is 13.0 Å². The molecule has 1 amide bonds. The first kappa shape index (κ1) is 13.8. The predicted octanol–water partition coefficient (Wildman–Crippen LogP) is 1.97. The molecule has 21 heavy (non-hydrogen) atoms. The summed E-state index contributed by atoms with van der Waals surface area (Å²) in [6, 6.07) is 8.04. The molecule has 110 valence electrons. The number of amides is 1. The Labute approximate surface area is 123 Å². The quantitative estimate of drug-likeness (QED) is 0.916. The van der Waals surface area contributed by atoms with Crippen LogP contribution in [0.15, 0.2) is 28.8 Å².